The van der Waals surface area contributed by atoms with Crippen molar-refractivity contribution in [2.45, 2.75) is 22.5 Å². The zero-order valence-corrected chi connectivity index (χ0v) is 9.86. The number of halogens is 2. The molecular formula is C10H10Br2. The first-order valence-electron chi connectivity index (χ1n) is 4.41. The van der Waals surface area contributed by atoms with E-state index in [1.807, 2.05) is 0 Å². The highest BCUT2D eigenvalue weighted by Crippen LogP contribution is 2.88. The molecule has 0 heterocycles. The van der Waals surface area contributed by atoms with Crippen molar-refractivity contribution in [1.82, 2.24) is 0 Å². The minimum absolute atomic E-state index is 0.168. The highest BCUT2D eigenvalue weighted by molar-refractivity contribution is 9.25. The first-order chi connectivity index (χ1) is 5.66. The van der Waals surface area contributed by atoms with Crippen LogP contribution in [0, 0.1) is 10.8 Å². The van der Waals surface area contributed by atoms with Gasteiger partial charge in [0.1, 0.15) is 3.23 Å². The molecule has 0 spiro atoms. The van der Waals surface area contributed by atoms with Gasteiger partial charge in [0.2, 0.25) is 0 Å². The minimum Gasteiger partial charge on any atom is -0.0751 e. The van der Waals surface area contributed by atoms with E-state index in [2.05, 4.69) is 56.2 Å². The van der Waals surface area contributed by atoms with Gasteiger partial charge in [-0.2, -0.15) is 0 Å². The first kappa shape index (κ1) is 7.81. The zero-order valence-electron chi connectivity index (χ0n) is 6.69. The summed E-state index contributed by atoms with van der Waals surface area (Å²) in [6, 6.07) is 0. The molecule has 0 unspecified atom stereocenters. The average molecular weight is 290 g/mol. The Bertz CT molecular complexity index is 275. The zero-order chi connectivity index (χ0) is 8.45. The maximum Gasteiger partial charge on any atom is 0.100 e. The maximum absolute atomic E-state index is 3.82. The molecule has 12 heavy (non-hydrogen) atoms. The van der Waals surface area contributed by atoms with Crippen LogP contribution in [0.4, 0.5) is 0 Å². The van der Waals surface area contributed by atoms with Crippen LogP contribution in [0.3, 0.4) is 0 Å². The van der Waals surface area contributed by atoms with E-state index < -0.39 is 0 Å². The normalized spacial score (nSPS) is 51.8. The summed E-state index contributed by atoms with van der Waals surface area (Å²) in [5.74, 6) is 0. The Labute approximate surface area is 89.4 Å². The summed E-state index contributed by atoms with van der Waals surface area (Å²) in [6.07, 6.45) is 13.1. The second-order valence-corrected chi connectivity index (χ2v) is 7.53. The van der Waals surface area contributed by atoms with E-state index in [4.69, 9.17) is 0 Å². The van der Waals surface area contributed by atoms with Crippen molar-refractivity contribution in [3.63, 3.8) is 0 Å². The van der Waals surface area contributed by atoms with E-state index in [1.165, 1.54) is 19.3 Å². The fourth-order valence-electron chi connectivity index (χ4n) is 3.18. The van der Waals surface area contributed by atoms with Gasteiger partial charge in [0.15, 0.2) is 0 Å². The SMILES string of the molecule is BrC1(Br)[C@@]23C=CC=C[C@@]12CCC3. The molecule has 0 radical (unpaired) electrons. The van der Waals surface area contributed by atoms with Gasteiger partial charge in [0.25, 0.3) is 0 Å². The molecule has 2 fully saturated rings. The van der Waals surface area contributed by atoms with Crippen LogP contribution in [-0.2, 0) is 0 Å². The lowest BCUT2D eigenvalue weighted by molar-refractivity contribution is 0.552. The third kappa shape index (κ3) is 0.517. The molecule has 0 saturated heterocycles. The smallest absolute Gasteiger partial charge is 0.0751 e. The van der Waals surface area contributed by atoms with Crippen molar-refractivity contribution in [2.24, 2.45) is 10.8 Å². The fourth-order valence-corrected chi connectivity index (χ4v) is 5.71. The average Bonchev–Trinajstić information content (AvgIpc) is 2.44. The van der Waals surface area contributed by atoms with Crippen molar-refractivity contribution < 1.29 is 0 Å². The highest BCUT2D eigenvalue weighted by atomic mass is 79.9. The minimum atomic E-state index is 0.168. The molecule has 0 aromatic heterocycles. The van der Waals surface area contributed by atoms with Crippen LogP contribution < -0.4 is 0 Å². The Morgan fingerprint density at radius 3 is 1.92 bits per heavy atom. The molecule has 0 bridgehead atoms. The van der Waals surface area contributed by atoms with Gasteiger partial charge in [-0.15, -0.1) is 0 Å². The van der Waals surface area contributed by atoms with Gasteiger partial charge in [0.05, 0.1) is 0 Å². The first-order valence-corrected chi connectivity index (χ1v) is 6.00. The summed E-state index contributed by atoms with van der Waals surface area (Å²) >= 11 is 7.64. The monoisotopic (exact) mass is 288 g/mol. The number of hydrogen-bond acceptors (Lipinski definition) is 0. The lowest BCUT2D eigenvalue weighted by atomic mass is 9.92. The molecule has 0 N–H and O–H groups in total. The predicted octanol–water partition coefficient (Wildman–Crippen LogP) is 3.77. The number of alkyl halides is 2. The van der Waals surface area contributed by atoms with E-state index >= 15 is 0 Å². The predicted molar refractivity (Wildman–Crippen MR) is 57.6 cm³/mol. The van der Waals surface area contributed by atoms with Crippen LogP contribution in [0.15, 0.2) is 24.3 Å². The molecular weight excluding hydrogens is 280 g/mol. The second-order valence-electron chi connectivity index (χ2n) is 4.09. The molecule has 0 aromatic carbocycles. The summed E-state index contributed by atoms with van der Waals surface area (Å²) < 4.78 is 0.168. The Balaban J connectivity index is 2.20. The number of rotatable bonds is 0. The Morgan fingerprint density at radius 2 is 1.42 bits per heavy atom. The lowest BCUT2D eigenvalue weighted by Crippen LogP contribution is -2.04. The highest BCUT2D eigenvalue weighted by Gasteiger charge is 2.84. The van der Waals surface area contributed by atoms with E-state index in [0.29, 0.717) is 10.8 Å². The van der Waals surface area contributed by atoms with Crippen molar-refractivity contribution in [3.05, 3.63) is 24.3 Å². The summed E-state index contributed by atoms with van der Waals surface area (Å²) in [6.45, 7) is 0. The lowest BCUT2D eigenvalue weighted by Gasteiger charge is -2.10. The van der Waals surface area contributed by atoms with Gasteiger partial charge < -0.3 is 0 Å². The summed E-state index contributed by atoms with van der Waals surface area (Å²) in [5, 5.41) is 0. The van der Waals surface area contributed by atoms with Crippen molar-refractivity contribution in [1.29, 1.82) is 0 Å². The molecule has 2 heteroatoms. The number of allylic oxidation sites excluding steroid dienone is 4. The van der Waals surface area contributed by atoms with Crippen LogP contribution in [-0.4, -0.2) is 3.23 Å². The summed E-state index contributed by atoms with van der Waals surface area (Å²) in [5.41, 5.74) is 0.795. The van der Waals surface area contributed by atoms with Crippen molar-refractivity contribution >= 4 is 31.9 Å². The van der Waals surface area contributed by atoms with Gasteiger partial charge in [-0.05, 0) is 12.8 Å². The second kappa shape index (κ2) is 1.93. The van der Waals surface area contributed by atoms with E-state index in [0.717, 1.165) is 0 Å². The standard InChI is InChI=1S/C10H10Br2/c11-10(12)8-4-1-2-5-9(8,10)7-3-6-8/h1-2,4-5H,3,6-7H2/t8-,9+. The molecule has 64 valence electrons. The molecule has 3 rings (SSSR count). The van der Waals surface area contributed by atoms with Crippen LogP contribution in [0.5, 0.6) is 0 Å². The molecule has 0 aliphatic heterocycles. The van der Waals surface area contributed by atoms with E-state index in [9.17, 15) is 0 Å². The van der Waals surface area contributed by atoms with Gasteiger partial charge in [-0.3, -0.25) is 0 Å². The van der Waals surface area contributed by atoms with Gasteiger partial charge >= 0.3 is 0 Å². The molecule has 2 atom stereocenters. The molecule has 2 saturated carbocycles. The Hall–Kier alpha value is 0.440. The molecule has 3 aliphatic rings. The number of hydrogen-bond donors (Lipinski definition) is 0. The maximum atomic E-state index is 3.82. The molecule has 3 aliphatic carbocycles. The molecule has 0 aromatic rings. The summed E-state index contributed by atoms with van der Waals surface area (Å²) in [7, 11) is 0. The van der Waals surface area contributed by atoms with Gasteiger partial charge in [-0.1, -0.05) is 62.6 Å². The van der Waals surface area contributed by atoms with Crippen LogP contribution in [0.25, 0.3) is 0 Å². The van der Waals surface area contributed by atoms with Gasteiger partial charge in [0, 0.05) is 10.8 Å². The van der Waals surface area contributed by atoms with Crippen molar-refractivity contribution in [2.75, 3.05) is 0 Å². The fraction of sp³-hybridized carbons (Fsp3) is 0.600. The Morgan fingerprint density at radius 1 is 0.917 bits per heavy atom. The van der Waals surface area contributed by atoms with E-state index in [1.54, 1.807) is 0 Å². The Kier molecular flexibility index (Phi) is 1.25. The van der Waals surface area contributed by atoms with Gasteiger partial charge in [-0.25, -0.2) is 0 Å². The third-order valence-electron chi connectivity index (χ3n) is 3.87. The van der Waals surface area contributed by atoms with E-state index in [-0.39, 0.29) is 3.23 Å². The van der Waals surface area contributed by atoms with Crippen LogP contribution in [0.2, 0.25) is 0 Å². The van der Waals surface area contributed by atoms with Crippen LogP contribution >= 0.6 is 31.9 Å². The third-order valence-corrected chi connectivity index (χ3v) is 6.70. The quantitative estimate of drug-likeness (QED) is 0.596. The van der Waals surface area contributed by atoms with Crippen molar-refractivity contribution in [3.8, 4) is 0 Å². The molecule has 0 amide bonds. The molecule has 0 nitrogen and oxygen atoms in total. The van der Waals surface area contributed by atoms with Crippen LogP contribution in [0.1, 0.15) is 19.3 Å². The topological polar surface area (TPSA) is 0 Å². The summed E-state index contributed by atoms with van der Waals surface area (Å²) in [4.78, 5) is 0. The largest absolute Gasteiger partial charge is 0.100 e.